The van der Waals surface area contributed by atoms with E-state index in [2.05, 4.69) is 5.32 Å². The quantitative estimate of drug-likeness (QED) is 0.338. The van der Waals surface area contributed by atoms with Crippen molar-refractivity contribution >= 4 is 33.8 Å². The highest BCUT2D eigenvalue weighted by molar-refractivity contribution is 7.91. The molecule has 0 radical (unpaired) electrons. The number of benzene rings is 3. The van der Waals surface area contributed by atoms with Gasteiger partial charge in [-0.25, -0.2) is 8.42 Å². The molecule has 6 nitrogen and oxygen atoms in total. The minimum atomic E-state index is -3.63. The summed E-state index contributed by atoms with van der Waals surface area (Å²) in [5, 5.41) is 22.8. The third kappa shape index (κ3) is 7.71. The van der Waals surface area contributed by atoms with Gasteiger partial charge in [0.15, 0.2) is 0 Å². The van der Waals surface area contributed by atoms with Crippen LogP contribution in [0.3, 0.4) is 0 Å². The molecule has 0 bridgehead atoms. The molecule has 0 heterocycles. The number of sulfone groups is 1. The molecule has 0 aromatic heterocycles. The third-order valence-electron chi connectivity index (χ3n) is 4.89. The Morgan fingerprint density at radius 1 is 0.970 bits per heavy atom. The van der Waals surface area contributed by atoms with Crippen LogP contribution in [0.5, 0.6) is 5.75 Å². The molecule has 3 aromatic carbocycles. The Kier molecular flexibility index (Phi) is 10.6. The summed E-state index contributed by atoms with van der Waals surface area (Å²) in [7, 11) is -3.63. The fourth-order valence-electron chi connectivity index (χ4n) is 3.15. The van der Waals surface area contributed by atoms with Gasteiger partial charge < -0.3 is 20.3 Å². The van der Waals surface area contributed by atoms with Gasteiger partial charge in [0.2, 0.25) is 9.84 Å². The van der Waals surface area contributed by atoms with Crippen LogP contribution in [0, 0.1) is 0 Å². The molecule has 0 spiro atoms. The molecule has 3 rings (SSSR count). The van der Waals surface area contributed by atoms with Crippen molar-refractivity contribution in [1.82, 2.24) is 5.32 Å². The average Bonchev–Trinajstić information content (AvgIpc) is 2.81. The van der Waals surface area contributed by atoms with E-state index in [0.717, 1.165) is 11.1 Å². The van der Waals surface area contributed by atoms with Crippen LogP contribution in [0.4, 0.5) is 0 Å². The van der Waals surface area contributed by atoms with Crippen LogP contribution in [0.25, 0.3) is 0 Å². The van der Waals surface area contributed by atoms with Gasteiger partial charge in [-0.05, 0) is 72.6 Å². The zero-order valence-electron chi connectivity index (χ0n) is 17.9. The maximum Gasteiger partial charge on any atom is 0.206 e. The van der Waals surface area contributed by atoms with Gasteiger partial charge in [0.1, 0.15) is 12.4 Å². The van der Waals surface area contributed by atoms with Crippen LogP contribution in [0.15, 0.2) is 82.6 Å². The van der Waals surface area contributed by atoms with Crippen molar-refractivity contribution in [1.29, 1.82) is 0 Å². The van der Waals surface area contributed by atoms with Gasteiger partial charge >= 0.3 is 0 Å². The summed E-state index contributed by atoms with van der Waals surface area (Å²) in [4.78, 5) is 0.396. The monoisotopic (exact) mass is 511 g/mol. The summed E-state index contributed by atoms with van der Waals surface area (Å²) in [6, 6.07) is 20.0. The lowest BCUT2D eigenvalue weighted by molar-refractivity contribution is 0.175. The fraction of sp³-hybridized carbons (Fsp3) is 0.250. The molecule has 3 N–H and O–H groups in total. The Balaban J connectivity index is 0.00000385. The molecule has 1 atom stereocenters. The molecule has 0 saturated carbocycles. The second-order valence-electron chi connectivity index (χ2n) is 7.22. The van der Waals surface area contributed by atoms with Crippen molar-refractivity contribution in [2.45, 2.75) is 22.3 Å². The molecule has 0 fully saturated rings. The summed E-state index contributed by atoms with van der Waals surface area (Å²) < 4.78 is 30.9. The topological polar surface area (TPSA) is 95.9 Å². The number of aliphatic hydroxyl groups excluding tert-OH is 2. The summed E-state index contributed by atoms with van der Waals surface area (Å²) in [6.07, 6.45) is 0.0427. The van der Waals surface area contributed by atoms with Crippen molar-refractivity contribution in [2.24, 2.45) is 0 Å². The number of rotatable bonds is 11. The SMILES string of the molecule is Cl.O=S(=O)(c1ccc(CCNC[C@H](O)c2cccc(Cl)c2)cc1)c1ccc(OCCO)cc1. The molecule has 0 unspecified atom stereocenters. The molecular weight excluding hydrogens is 485 g/mol. The van der Waals surface area contributed by atoms with Crippen LogP contribution in [-0.2, 0) is 16.3 Å². The third-order valence-corrected chi connectivity index (χ3v) is 6.91. The first-order chi connectivity index (χ1) is 15.4. The van der Waals surface area contributed by atoms with E-state index in [1.807, 2.05) is 6.07 Å². The highest BCUT2D eigenvalue weighted by atomic mass is 35.5. The van der Waals surface area contributed by atoms with Gasteiger partial charge in [-0.3, -0.25) is 0 Å². The number of ether oxygens (including phenoxy) is 1. The maximum absolute atomic E-state index is 12.8. The van der Waals surface area contributed by atoms with Gasteiger partial charge in [-0.1, -0.05) is 35.9 Å². The van der Waals surface area contributed by atoms with Gasteiger partial charge in [0, 0.05) is 11.6 Å². The molecule has 0 aliphatic heterocycles. The Labute approximate surface area is 205 Å². The zero-order valence-corrected chi connectivity index (χ0v) is 20.2. The maximum atomic E-state index is 12.8. The number of halogens is 2. The van der Waals surface area contributed by atoms with E-state index in [-0.39, 0.29) is 35.4 Å². The number of hydrogen-bond donors (Lipinski definition) is 3. The molecule has 0 saturated heterocycles. The summed E-state index contributed by atoms with van der Waals surface area (Å²) in [6.45, 7) is 1.08. The van der Waals surface area contributed by atoms with Gasteiger partial charge in [-0.2, -0.15) is 0 Å². The molecule has 33 heavy (non-hydrogen) atoms. The minimum absolute atomic E-state index is 0. The van der Waals surface area contributed by atoms with E-state index < -0.39 is 15.9 Å². The summed E-state index contributed by atoms with van der Waals surface area (Å²) in [5.74, 6) is 0.501. The minimum Gasteiger partial charge on any atom is -0.491 e. The number of hydrogen-bond acceptors (Lipinski definition) is 6. The Bertz CT molecular complexity index is 1110. The lowest BCUT2D eigenvalue weighted by Crippen LogP contribution is -2.23. The predicted molar refractivity (Wildman–Crippen MR) is 131 cm³/mol. The Morgan fingerprint density at radius 3 is 2.21 bits per heavy atom. The van der Waals surface area contributed by atoms with Gasteiger partial charge in [-0.15, -0.1) is 12.4 Å². The number of nitrogens with one attached hydrogen (secondary N) is 1. The van der Waals surface area contributed by atoms with Gasteiger partial charge in [0.25, 0.3) is 0 Å². The van der Waals surface area contributed by atoms with Crippen molar-refractivity contribution in [2.75, 3.05) is 26.3 Å². The van der Waals surface area contributed by atoms with Crippen LogP contribution >= 0.6 is 24.0 Å². The smallest absolute Gasteiger partial charge is 0.206 e. The van der Waals surface area contributed by atoms with Crippen LogP contribution in [0.1, 0.15) is 17.2 Å². The summed E-state index contributed by atoms with van der Waals surface area (Å²) >= 11 is 5.95. The van der Waals surface area contributed by atoms with Crippen LogP contribution < -0.4 is 10.1 Å². The summed E-state index contributed by atoms with van der Waals surface area (Å²) in [5.41, 5.74) is 1.74. The first-order valence-electron chi connectivity index (χ1n) is 10.2. The van der Waals surface area contributed by atoms with E-state index in [1.165, 1.54) is 12.1 Å². The predicted octanol–water partition coefficient (Wildman–Crippen LogP) is 3.83. The van der Waals surface area contributed by atoms with Crippen LogP contribution in [0.2, 0.25) is 5.02 Å². The lowest BCUT2D eigenvalue weighted by Gasteiger charge is -2.13. The average molecular weight is 512 g/mol. The molecule has 178 valence electrons. The molecule has 3 aromatic rings. The first kappa shape index (κ1) is 27.1. The second-order valence-corrected chi connectivity index (χ2v) is 9.60. The first-order valence-corrected chi connectivity index (χ1v) is 12.1. The van der Waals surface area contributed by atoms with Crippen LogP contribution in [-0.4, -0.2) is 44.9 Å². The van der Waals surface area contributed by atoms with Crippen molar-refractivity contribution in [3.8, 4) is 5.75 Å². The van der Waals surface area contributed by atoms with E-state index >= 15 is 0 Å². The Morgan fingerprint density at radius 2 is 1.61 bits per heavy atom. The molecule has 0 aliphatic rings. The molecule has 0 aliphatic carbocycles. The molecule has 0 amide bonds. The number of aliphatic hydroxyl groups is 2. The second kappa shape index (κ2) is 12.9. The van der Waals surface area contributed by atoms with Gasteiger partial charge in [0.05, 0.1) is 22.5 Å². The molecular formula is C24H27Cl2NO5S. The zero-order chi connectivity index (χ0) is 23.0. The normalized spacial score (nSPS) is 12.1. The van der Waals surface area contributed by atoms with Crippen molar-refractivity contribution < 1.29 is 23.4 Å². The highest BCUT2D eigenvalue weighted by Crippen LogP contribution is 2.23. The largest absolute Gasteiger partial charge is 0.491 e. The standard InChI is InChI=1S/C24H26ClNO5S.ClH/c25-20-3-1-2-19(16-20)24(28)17-26-13-12-18-4-8-22(9-5-18)32(29,30)23-10-6-21(7-11-23)31-15-14-27;/h1-11,16,24,26-28H,12-15,17H2;1H/t24-;/m0./s1. The Hall–Kier alpha value is -2.13. The van der Waals surface area contributed by atoms with E-state index in [4.69, 9.17) is 21.4 Å². The van der Waals surface area contributed by atoms with E-state index in [9.17, 15) is 13.5 Å². The lowest BCUT2D eigenvalue weighted by atomic mass is 10.1. The highest BCUT2D eigenvalue weighted by Gasteiger charge is 2.17. The van der Waals surface area contributed by atoms with Crippen molar-refractivity contribution in [3.63, 3.8) is 0 Å². The molecule has 9 heteroatoms. The van der Waals surface area contributed by atoms with Crippen molar-refractivity contribution in [3.05, 3.63) is 88.9 Å². The van der Waals surface area contributed by atoms with E-state index in [1.54, 1.807) is 54.6 Å². The van der Waals surface area contributed by atoms with E-state index in [0.29, 0.717) is 30.3 Å². The fourth-order valence-corrected chi connectivity index (χ4v) is 4.61.